The van der Waals surface area contributed by atoms with E-state index in [1.165, 1.54) is 0 Å². The number of nitrogens with zero attached hydrogens (tertiary/aromatic N) is 1. The molecule has 1 atom stereocenters. The number of carbonyl (C=O) groups is 2. The van der Waals surface area contributed by atoms with Crippen molar-refractivity contribution >= 4 is 17.5 Å². The molecule has 0 spiro atoms. The Morgan fingerprint density at radius 2 is 2.00 bits per heavy atom. The summed E-state index contributed by atoms with van der Waals surface area (Å²) in [5, 5.41) is 6.18. The summed E-state index contributed by atoms with van der Waals surface area (Å²) in [5.41, 5.74) is 1.22. The highest BCUT2D eigenvalue weighted by Crippen LogP contribution is 2.33. The van der Waals surface area contributed by atoms with Crippen molar-refractivity contribution in [2.24, 2.45) is 5.92 Å². The molecule has 5 heteroatoms. The van der Waals surface area contributed by atoms with Gasteiger partial charge in [-0.1, -0.05) is 19.1 Å². The molecule has 0 aliphatic heterocycles. The van der Waals surface area contributed by atoms with Crippen LogP contribution < -0.4 is 15.5 Å². The zero-order valence-corrected chi connectivity index (χ0v) is 13.6. The maximum Gasteiger partial charge on any atom is 0.253 e. The van der Waals surface area contributed by atoms with Gasteiger partial charge in [0.2, 0.25) is 5.91 Å². The number of amides is 2. The van der Waals surface area contributed by atoms with E-state index in [1.54, 1.807) is 18.0 Å². The summed E-state index contributed by atoms with van der Waals surface area (Å²) < 4.78 is 0. The van der Waals surface area contributed by atoms with Crippen LogP contribution >= 0.6 is 0 Å². The summed E-state index contributed by atoms with van der Waals surface area (Å²) >= 11 is 0. The van der Waals surface area contributed by atoms with Gasteiger partial charge in [-0.05, 0) is 38.4 Å². The van der Waals surface area contributed by atoms with Crippen molar-refractivity contribution < 1.29 is 9.59 Å². The fourth-order valence-electron chi connectivity index (χ4n) is 2.44. The van der Waals surface area contributed by atoms with E-state index in [2.05, 4.69) is 10.6 Å². The molecule has 0 aromatic heterocycles. The van der Waals surface area contributed by atoms with Crippen LogP contribution in [-0.4, -0.2) is 38.0 Å². The standard InChI is InChI=1S/C17H25N3O2/c1-4-18-12(2)11-19-16(21)14-7-5-6-8-15(14)20(3)17(22)13-9-10-13/h5-8,12-13,18H,4,9-11H2,1-3H3,(H,19,21)/t12-/m1/s1. The van der Waals surface area contributed by atoms with Gasteiger partial charge in [0.05, 0.1) is 11.3 Å². The predicted molar refractivity (Wildman–Crippen MR) is 88.0 cm³/mol. The van der Waals surface area contributed by atoms with Crippen LogP contribution in [-0.2, 0) is 4.79 Å². The smallest absolute Gasteiger partial charge is 0.253 e. The van der Waals surface area contributed by atoms with Crippen LogP contribution in [0.15, 0.2) is 24.3 Å². The number of hydrogen-bond acceptors (Lipinski definition) is 3. The third-order valence-corrected chi connectivity index (χ3v) is 3.89. The molecule has 0 radical (unpaired) electrons. The van der Waals surface area contributed by atoms with Crippen molar-refractivity contribution in [1.82, 2.24) is 10.6 Å². The van der Waals surface area contributed by atoms with E-state index in [0.717, 1.165) is 19.4 Å². The van der Waals surface area contributed by atoms with E-state index in [9.17, 15) is 9.59 Å². The molecule has 120 valence electrons. The van der Waals surface area contributed by atoms with Crippen molar-refractivity contribution in [1.29, 1.82) is 0 Å². The fraction of sp³-hybridized carbons (Fsp3) is 0.529. The minimum atomic E-state index is -0.143. The quantitative estimate of drug-likeness (QED) is 0.807. The highest BCUT2D eigenvalue weighted by Gasteiger charge is 2.33. The first-order chi connectivity index (χ1) is 10.5. The lowest BCUT2D eigenvalue weighted by Crippen LogP contribution is -2.39. The van der Waals surface area contributed by atoms with Crippen LogP contribution in [0, 0.1) is 5.92 Å². The zero-order chi connectivity index (χ0) is 16.1. The molecule has 5 nitrogen and oxygen atoms in total. The summed E-state index contributed by atoms with van der Waals surface area (Å²) in [7, 11) is 1.74. The Labute approximate surface area is 132 Å². The Kier molecular flexibility index (Phi) is 5.55. The Hall–Kier alpha value is -1.88. The third-order valence-electron chi connectivity index (χ3n) is 3.89. The molecule has 2 amide bonds. The maximum absolute atomic E-state index is 12.4. The second-order valence-electron chi connectivity index (χ2n) is 5.86. The molecule has 0 bridgehead atoms. The summed E-state index contributed by atoms with van der Waals surface area (Å²) in [6, 6.07) is 7.47. The highest BCUT2D eigenvalue weighted by molar-refractivity contribution is 6.05. The second kappa shape index (κ2) is 7.40. The van der Waals surface area contributed by atoms with E-state index in [1.807, 2.05) is 32.0 Å². The van der Waals surface area contributed by atoms with Crippen molar-refractivity contribution in [3.05, 3.63) is 29.8 Å². The van der Waals surface area contributed by atoms with Crippen molar-refractivity contribution in [2.45, 2.75) is 32.7 Å². The molecule has 1 aromatic rings. The number of benzene rings is 1. The van der Waals surface area contributed by atoms with Gasteiger partial charge in [-0.15, -0.1) is 0 Å². The van der Waals surface area contributed by atoms with Gasteiger partial charge in [0.1, 0.15) is 0 Å². The predicted octanol–water partition coefficient (Wildman–Crippen LogP) is 1.79. The number of nitrogens with one attached hydrogen (secondary N) is 2. The number of likely N-dealkylation sites (N-methyl/N-ethyl adjacent to an activating group) is 1. The van der Waals surface area contributed by atoms with Crippen LogP contribution in [0.3, 0.4) is 0 Å². The Morgan fingerprint density at radius 3 is 2.64 bits per heavy atom. The zero-order valence-electron chi connectivity index (χ0n) is 13.6. The lowest BCUT2D eigenvalue weighted by atomic mass is 10.1. The topological polar surface area (TPSA) is 61.4 Å². The van der Waals surface area contributed by atoms with E-state index in [-0.39, 0.29) is 23.8 Å². The van der Waals surface area contributed by atoms with Crippen molar-refractivity contribution in [3.8, 4) is 0 Å². The molecule has 1 aromatic carbocycles. The fourth-order valence-corrected chi connectivity index (χ4v) is 2.44. The Balaban J connectivity index is 2.06. The van der Waals surface area contributed by atoms with Crippen molar-refractivity contribution in [3.63, 3.8) is 0 Å². The molecule has 2 N–H and O–H groups in total. The molecule has 1 aliphatic rings. The summed E-state index contributed by atoms with van der Waals surface area (Å²) in [6.45, 7) is 5.48. The summed E-state index contributed by atoms with van der Waals surface area (Å²) in [5.74, 6) is 0.0898. The van der Waals surface area contributed by atoms with E-state index >= 15 is 0 Å². The van der Waals surface area contributed by atoms with Crippen molar-refractivity contribution in [2.75, 3.05) is 25.0 Å². The van der Waals surface area contributed by atoms with E-state index < -0.39 is 0 Å². The normalized spacial score (nSPS) is 15.2. The average molecular weight is 303 g/mol. The van der Waals surface area contributed by atoms with Gasteiger partial charge >= 0.3 is 0 Å². The van der Waals surface area contributed by atoms with Gasteiger partial charge < -0.3 is 15.5 Å². The number of rotatable bonds is 7. The van der Waals surface area contributed by atoms with Gasteiger partial charge in [0, 0.05) is 25.6 Å². The largest absolute Gasteiger partial charge is 0.350 e. The molecule has 0 heterocycles. The van der Waals surface area contributed by atoms with Crippen LogP contribution in [0.25, 0.3) is 0 Å². The van der Waals surface area contributed by atoms with E-state index in [0.29, 0.717) is 17.8 Å². The molecule has 1 fully saturated rings. The SMILES string of the molecule is CCN[C@H](C)CNC(=O)c1ccccc1N(C)C(=O)C1CC1. The van der Waals surface area contributed by atoms with Crippen LogP contribution in [0.4, 0.5) is 5.69 Å². The first-order valence-corrected chi connectivity index (χ1v) is 7.92. The van der Waals surface area contributed by atoms with Crippen LogP contribution in [0.2, 0.25) is 0 Å². The number of para-hydroxylation sites is 1. The molecule has 2 rings (SSSR count). The molecular formula is C17H25N3O2. The Morgan fingerprint density at radius 1 is 1.32 bits per heavy atom. The van der Waals surface area contributed by atoms with Crippen LogP contribution in [0.1, 0.15) is 37.0 Å². The lowest BCUT2D eigenvalue weighted by molar-refractivity contribution is -0.119. The van der Waals surface area contributed by atoms with Gasteiger partial charge in [0.25, 0.3) is 5.91 Å². The Bertz CT molecular complexity index is 540. The van der Waals surface area contributed by atoms with Gasteiger partial charge in [-0.25, -0.2) is 0 Å². The van der Waals surface area contributed by atoms with E-state index in [4.69, 9.17) is 0 Å². The second-order valence-corrected chi connectivity index (χ2v) is 5.86. The lowest BCUT2D eigenvalue weighted by Gasteiger charge is -2.21. The summed E-state index contributed by atoms with van der Waals surface area (Å²) in [6.07, 6.45) is 1.91. The molecule has 1 saturated carbocycles. The molecule has 1 aliphatic carbocycles. The molecular weight excluding hydrogens is 278 g/mol. The first kappa shape index (κ1) is 16.5. The number of hydrogen-bond donors (Lipinski definition) is 2. The van der Waals surface area contributed by atoms with Gasteiger partial charge in [0.15, 0.2) is 0 Å². The summed E-state index contributed by atoms with van der Waals surface area (Å²) in [4.78, 5) is 26.2. The minimum Gasteiger partial charge on any atom is -0.350 e. The van der Waals surface area contributed by atoms with Gasteiger partial charge in [-0.3, -0.25) is 9.59 Å². The monoisotopic (exact) mass is 303 g/mol. The van der Waals surface area contributed by atoms with Gasteiger partial charge in [-0.2, -0.15) is 0 Å². The van der Waals surface area contributed by atoms with Crippen LogP contribution in [0.5, 0.6) is 0 Å². The molecule has 22 heavy (non-hydrogen) atoms. The average Bonchev–Trinajstić information content (AvgIpc) is 3.36. The maximum atomic E-state index is 12.4. The first-order valence-electron chi connectivity index (χ1n) is 7.92. The molecule has 0 saturated heterocycles. The number of anilines is 1. The number of carbonyl (C=O) groups excluding carboxylic acids is 2. The highest BCUT2D eigenvalue weighted by atomic mass is 16.2. The minimum absolute atomic E-state index is 0.0984. The molecule has 0 unspecified atom stereocenters. The third kappa shape index (κ3) is 4.07.